The maximum absolute atomic E-state index is 12.6. The molecule has 194 valence electrons. The highest BCUT2D eigenvalue weighted by atomic mass is 79.9. The second-order valence-electron chi connectivity index (χ2n) is 11.0. The van der Waals surface area contributed by atoms with Gasteiger partial charge in [0.15, 0.2) is 6.73 Å². The van der Waals surface area contributed by atoms with E-state index in [0.717, 1.165) is 31.4 Å². The summed E-state index contributed by atoms with van der Waals surface area (Å²) in [4.78, 5) is 39.4. The van der Waals surface area contributed by atoms with Crippen molar-refractivity contribution in [1.82, 2.24) is 0 Å². The van der Waals surface area contributed by atoms with Crippen LogP contribution in [0.5, 0.6) is 0 Å². The number of nitrogens with zero attached hydrogens (tertiary/aromatic N) is 2. The highest BCUT2D eigenvalue weighted by molar-refractivity contribution is 9.10. The van der Waals surface area contributed by atoms with E-state index in [0.29, 0.717) is 0 Å². The molecule has 0 saturated carbocycles. The van der Waals surface area contributed by atoms with Crippen LogP contribution in [0.3, 0.4) is 0 Å². The first-order chi connectivity index (χ1) is 16.5. The molecule has 0 aliphatic carbocycles. The van der Waals surface area contributed by atoms with Crippen molar-refractivity contribution in [2.75, 3.05) is 23.3 Å². The molecule has 0 aromatic heterocycles. The Bertz CT molecular complexity index is 1220. The third kappa shape index (κ3) is 5.10. The molecule has 0 unspecified atom stereocenters. The van der Waals surface area contributed by atoms with Gasteiger partial charge in [-0.3, -0.25) is 24.2 Å². The Hall–Kier alpha value is -2.23. The van der Waals surface area contributed by atoms with Crippen molar-refractivity contribution < 1.29 is 24.2 Å². The van der Waals surface area contributed by atoms with Crippen molar-refractivity contribution in [3.05, 3.63) is 56.5 Å². The zero-order valence-corrected chi connectivity index (χ0v) is 24.8. The molecule has 0 saturated heterocycles. The van der Waals surface area contributed by atoms with E-state index in [1.54, 1.807) is 20.8 Å². The van der Waals surface area contributed by atoms with Gasteiger partial charge in [-0.2, -0.15) is 0 Å². The van der Waals surface area contributed by atoms with Gasteiger partial charge < -0.3 is 9.84 Å². The van der Waals surface area contributed by atoms with Crippen molar-refractivity contribution in [2.45, 2.75) is 59.3 Å². The molecule has 2 aromatic rings. The standard InChI is InChI=1S/C16H20BrNO3.C11H12BrNO2/c1-15(2,3)14(20)21-9-18-12-7-6-10(17)8-11(12)16(4,5)13(18)19;1-11(2)8-5-7(12)3-4-9(8)13(6-14)10(11)15/h6-8H,9H2,1-5H3;3-5,14H,6H2,1-2H3. The van der Waals surface area contributed by atoms with E-state index in [-0.39, 0.29) is 31.2 Å². The van der Waals surface area contributed by atoms with Gasteiger partial charge in [0.2, 0.25) is 11.8 Å². The summed E-state index contributed by atoms with van der Waals surface area (Å²) < 4.78 is 7.17. The fourth-order valence-corrected chi connectivity index (χ4v) is 4.94. The Balaban J connectivity index is 0.000000212. The minimum absolute atomic E-state index is 0.0486. The van der Waals surface area contributed by atoms with E-state index in [4.69, 9.17) is 4.74 Å². The average Bonchev–Trinajstić information content (AvgIpc) is 3.10. The average molecular weight is 624 g/mol. The van der Waals surface area contributed by atoms with E-state index in [1.807, 2.05) is 64.1 Å². The molecule has 0 atom stereocenters. The number of anilines is 2. The molecule has 2 aromatic carbocycles. The van der Waals surface area contributed by atoms with E-state index in [1.165, 1.54) is 9.80 Å². The van der Waals surface area contributed by atoms with Gasteiger partial charge in [-0.1, -0.05) is 31.9 Å². The SMILES string of the molecule is CC(C)(C)C(=O)OCN1C(=O)C(C)(C)c2cc(Br)ccc21.CC1(C)C(=O)N(CO)c2ccc(Br)cc21. The number of esters is 1. The monoisotopic (exact) mass is 622 g/mol. The van der Waals surface area contributed by atoms with Gasteiger partial charge in [-0.05, 0) is 96.0 Å². The fraction of sp³-hybridized carbons (Fsp3) is 0.444. The van der Waals surface area contributed by atoms with Crippen LogP contribution in [0, 0.1) is 5.41 Å². The number of carbonyl (C=O) groups excluding carboxylic acids is 3. The van der Waals surface area contributed by atoms with Crippen LogP contribution >= 0.6 is 31.9 Å². The van der Waals surface area contributed by atoms with Crippen LogP contribution in [-0.2, 0) is 30.0 Å². The second-order valence-corrected chi connectivity index (χ2v) is 12.8. The predicted octanol–water partition coefficient (Wildman–Crippen LogP) is 5.64. The number of halogens is 2. The summed E-state index contributed by atoms with van der Waals surface area (Å²) in [7, 11) is 0. The number of hydrogen-bond donors (Lipinski definition) is 1. The molecular formula is C27H32Br2N2O5. The Labute approximate surface area is 229 Å². The summed E-state index contributed by atoms with van der Waals surface area (Å²) in [6, 6.07) is 11.4. The summed E-state index contributed by atoms with van der Waals surface area (Å²) in [5.74, 6) is -0.436. The van der Waals surface area contributed by atoms with E-state index < -0.39 is 16.2 Å². The zero-order chi connectivity index (χ0) is 27.2. The Morgan fingerprint density at radius 3 is 1.69 bits per heavy atom. The smallest absolute Gasteiger partial charge is 0.312 e. The van der Waals surface area contributed by atoms with Gasteiger partial charge in [0, 0.05) is 8.95 Å². The molecule has 2 aliphatic rings. The number of rotatable bonds is 3. The lowest BCUT2D eigenvalue weighted by Crippen LogP contribution is -2.39. The van der Waals surface area contributed by atoms with Crippen LogP contribution in [0.15, 0.2) is 45.3 Å². The van der Waals surface area contributed by atoms with Crippen molar-refractivity contribution in [2.24, 2.45) is 5.41 Å². The molecule has 0 radical (unpaired) electrons. The number of fused-ring (bicyclic) bond motifs is 2. The minimum Gasteiger partial charge on any atom is -0.443 e. The third-order valence-corrected chi connectivity index (χ3v) is 7.47. The van der Waals surface area contributed by atoms with Crippen LogP contribution in [-0.4, -0.2) is 36.4 Å². The summed E-state index contributed by atoms with van der Waals surface area (Å²) in [5.41, 5.74) is 1.74. The van der Waals surface area contributed by atoms with Crippen molar-refractivity contribution in [1.29, 1.82) is 0 Å². The molecule has 2 heterocycles. The molecule has 2 aliphatic heterocycles. The summed E-state index contributed by atoms with van der Waals surface area (Å²) in [6.45, 7) is 12.6. The number of aliphatic hydroxyl groups is 1. The lowest BCUT2D eigenvalue weighted by molar-refractivity contribution is -0.153. The summed E-state index contributed by atoms with van der Waals surface area (Å²) in [6.07, 6.45) is 0. The quantitative estimate of drug-likeness (QED) is 0.447. The van der Waals surface area contributed by atoms with Gasteiger partial charge >= 0.3 is 5.97 Å². The first-order valence-corrected chi connectivity index (χ1v) is 13.1. The maximum Gasteiger partial charge on any atom is 0.312 e. The normalized spacial score (nSPS) is 17.4. The number of hydrogen-bond acceptors (Lipinski definition) is 5. The predicted molar refractivity (Wildman–Crippen MR) is 147 cm³/mol. The molecule has 0 spiro atoms. The molecular weight excluding hydrogens is 592 g/mol. The van der Waals surface area contributed by atoms with Crippen LogP contribution in [0.4, 0.5) is 11.4 Å². The third-order valence-electron chi connectivity index (χ3n) is 6.48. The van der Waals surface area contributed by atoms with Gasteiger partial charge in [-0.15, -0.1) is 0 Å². The molecule has 7 nitrogen and oxygen atoms in total. The van der Waals surface area contributed by atoms with E-state index >= 15 is 0 Å². The lowest BCUT2D eigenvalue weighted by Gasteiger charge is -2.23. The molecule has 0 bridgehead atoms. The van der Waals surface area contributed by atoms with E-state index in [9.17, 15) is 19.5 Å². The van der Waals surface area contributed by atoms with Crippen LogP contribution in [0.1, 0.15) is 59.6 Å². The number of aliphatic hydroxyl groups excluding tert-OH is 1. The van der Waals surface area contributed by atoms with Crippen molar-refractivity contribution >= 4 is 61.0 Å². The molecule has 0 fully saturated rings. The second kappa shape index (κ2) is 9.91. The Kier molecular flexibility index (Phi) is 7.80. The van der Waals surface area contributed by atoms with Crippen molar-refractivity contribution in [3.63, 3.8) is 0 Å². The summed E-state index contributed by atoms with van der Waals surface area (Å²) >= 11 is 6.82. The Morgan fingerprint density at radius 2 is 1.28 bits per heavy atom. The molecule has 2 amide bonds. The van der Waals surface area contributed by atoms with Crippen LogP contribution < -0.4 is 9.80 Å². The van der Waals surface area contributed by atoms with Gasteiger partial charge in [0.25, 0.3) is 0 Å². The Morgan fingerprint density at radius 1 is 0.861 bits per heavy atom. The first-order valence-electron chi connectivity index (χ1n) is 11.6. The number of carbonyl (C=O) groups is 3. The van der Waals surface area contributed by atoms with Gasteiger partial charge in [-0.25, -0.2) is 0 Å². The number of ether oxygens (including phenoxy) is 1. The highest BCUT2D eigenvalue weighted by Crippen LogP contribution is 2.43. The van der Waals surface area contributed by atoms with Crippen molar-refractivity contribution in [3.8, 4) is 0 Å². The first kappa shape index (κ1) is 28.3. The highest BCUT2D eigenvalue weighted by Gasteiger charge is 2.45. The van der Waals surface area contributed by atoms with Gasteiger partial charge in [0.1, 0.15) is 6.73 Å². The summed E-state index contributed by atoms with van der Waals surface area (Å²) in [5, 5.41) is 9.18. The fourth-order valence-electron chi connectivity index (χ4n) is 4.22. The van der Waals surface area contributed by atoms with Crippen LogP contribution in [0.25, 0.3) is 0 Å². The van der Waals surface area contributed by atoms with Gasteiger partial charge in [0.05, 0.1) is 27.6 Å². The number of benzene rings is 2. The molecule has 9 heteroatoms. The zero-order valence-electron chi connectivity index (χ0n) is 21.6. The maximum atomic E-state index is 12.6. The van der Waals surface area contributed by atoms with Crippen LogP contribution in [0.2, 0.25) is 0 Å². The molecule has 36 heavy (non-hydrogen) atoms. The number of amides is 2. The van der Waals surface area contributed by atoms with E-state index in [2.05, 4.69) is 31.9 Å². The molecule has 4 rings (SSSR count). The lowest BCUT2D eigenvalue weighted by atomic mass is 9.86. The molecule has 1 N–H and O–H groups in total. The topological polar surface area (TPSA) is 87.2 Å². The minimum atomic E-state index is -0.618. The largest absolute Gasteiger partial charge is 0.443 e.